The van der Waals surface area contributed by atoms with Crippen LogP contribution in [0, 0.1) is 5.92 Å². The molecular weight excluding hydrogens is 270 g/mol. The van der Waals surface area contributed by atoms with E-state index in [2.05, 4.69) is 0 Å². The lowest BCUT2D eigenvalue weighted by Gasteiger charge is -2.42. The summed E-state index contributed by atoms with van der Waals surface area (Å²) in [6, 6.07) is 5.27. The number of hydrogen-bond donors (Lipinski definition) is 1. The van der Waals surface area contributed by atoms with E-state index in [9.17, 15) is 9.90 Å². The first-order valence-corrected chi connectivity index (χ1v) is 7.42. The van der Waals surface area contributed by atoms with Crippen LogP contribution in [0.5, 0.6) is 11.5 Å². The highest BCUT2D eigenvalue weighted by Crippen LogP contribution is 2.34. The highest BCUT2D eigenvalue weighted by atomic mass is 16.7. The Morgan fingerprint density at radius 2 is 2.19 bits per heavy atom. The number of carbonyl (C=O) groups excluding carboxylic acids is 1. The molecule has 0 saturated carbocycles. The zero-order valence-electron chi connectivity index (χ0n) is 12.5. The van der Waals surface area contributed by atoms with Gasteiger partial charge in [-0.3, -0.25) is 4.79 Å². The summed E-state index contributed by atoms with van der Waals surface area (Å²) in [6.07, 6.45) is 1.47. The van der Waals surface area contributed by atoms with Crippen LogP contribution in [-0.4, -0.2) is 41.4 Å². The van der Waals surface area contributed by atoms with E-state index >= 15 is 0 Å². The Morgan fingerprint density at radius 1 is 1.43 bits per heavy atom. The maximum atomic E-state index is 12.6. The molecule has 21 heavy (non-hydrogen) atoms. The minimum absolute atomic E-state index is 0.0118. The van der Waals surface area contributed by atoms with Gasteiger partial charge in [0.05, 0.1) is 5.60 Å². The summed E-state index contributed by atoms with van der Waals surface area (Å²) in [5, 5.41) is 10.4. The van der Waals surface area contributed by atoms with Crippen LogP contribution in [-0.2, 0) is 0 Å². The molecule has 0 aliphatic carbocycles. The van der Waals surface area contributed by atoms with E-state index in [-0.39, 0.29) is 18.6 Å². The molecule has 1 aromatic carbocycles. The van der Waals surface area contributed by atoms with Gasteiger partial charge in [0, 0.05) is 24.6 Å². The number of benzene rings is 1. The lowest BCUT2D eigenvalue weighted by atomic mass is 9.81. The number of likely N-dealkylation sites (tertiary alicyclic amines) is 1. The summed E-state index contributed by atoms with van der Waals surface area (Å²) in [7, 11) is 0. The van der Waals surface area contributed by atoms with E-state index in [1.165, 1.54) is 0 Å². The molecule has 3 rings (SSSR count). The molecule has 1 saturated heterocycles. The lowest BCUT2D eigenvalue weighted by Crippen LogP contribution is -2.51. The molecular formula is C16H21NO4. The number of piperidine rings is 1. The molecule has 0 aromatic heterocycles. The molecule has 2 heterocycles. The molecule has 1 amide bonds. The minimum atomic E-state index is -0.680. The Hall–Kier alpha value is -1.75. The first kappa shape index (κ1) is 14.2. The molecule has 114 valence electrons. The molecule has 5 heteroatoms. The maximum absolute atomic E-state index is 12.6. The SMILES string of the molecule is CC[C@@H]1CN(C(=O)c2ccc3c(c2)OCO3)CC[C@]1(C)O. The van der Waals surface area contributed by atoms with Crippen LogP contribution >= 0.6 is 0 Å². The Labute approximate surface area is 124 Å². The fourth-order valence-corrected chi connectivity index (χ4v) is 3.08. The summed E-state index contributed by atoms with van der Waals surface area (Å²) in [5.41, 5.74) is -0.0731. The monoisotopic (exact) mass is 291 g/mol. The van der Waals surface area contributed by atoms with Gasteiger partial charge >= 0.3 is 0 Å². The maximum Gasteiger partial charge on any atom is 0.254 e. The summed E-state index contributed by atoms with van der Waals surface area (Å²) >= 11 is 0. The fourth-order valence-electron chi connectivity index (χ4n) is 3.08. The zero-order valence-corrected chi connectivity index (χ0v) is 12.5. The highest BCUT2D eigenvalue weighted by molar-refractivity contribution is 5.95. The van der Waals surface area contributed by atoms with E-state index in [0.29, 0.717) is 36.6 Å². The average molecular weight is 291 g/mol. The van der Waals surface area contributed by atoms with Crippen molar-refractivity contribution < 1.29 is 19.4 Å². The van der Waals surface area contributed by atoms with Crippen LogP contribution in [0.15, 0.2) is 18.2 Å². The van der Waals surface area contributed by atoms with E-state index in [1.807, 2.05) is 18.7 Å². The van der Waals surface area contributed by atoms with E-state index in [1.54, 1.807) is 18.2 Å². The van der Waals surface area contributed by atoms with Crippen LogP contribution in [0.25, 0.3) is 0 Å². The Kier molecular flexibility index (Phi) is 3.53. The predicted molar refractivity (Wildman–Crippen MR) is 77.5 cm³/mol. The number of nitrogens with zero attached hydrogens (tertiary/aromatic N) is 1. The summed E-state index contributed by atoms with van der Waals surface area (Å²) in [6.45, 7) is 5.29. The standard InChI is InChI=1S/C16H21NO4/c1-3-12-9-17(7-6-16(12,2)19)15(18)11-4-5-13-14(8-11)21-10-20-13/h4-5,8,12,19H,3,6-7,9-10H2,1-2H3/t12-,16+/m1/s1. The molecule has 0 radical (unpaired) electrons. The average Bonchev–Trinajstić information content (AvgIpc) is 2.93. The fraction of sp³-hybridized carbons (Fsp3) is 0.562. The van der Waals surface area contributed by atoms with Crippen molar-refractivity contribution in [3.05, 3.63) is 23.8 Å². The van der Waals surface area contributed by atoms with Gasteiger partial charge in [-0.05, 0) is 38.0 Å². The Balaban J connectivity index is 1.76. The molecule has 1 N–H and O–H groups in total. The largest absolute Gasteiger partial charge is 0.454 e. The minimum Gasteiger partial charge on any atom is -0.454 e. The van der Waals surface area contributed by atoms with Crippen LogP contribution in [0.3, 0.4) is 0 Å². The van der Waals surface area contributed by atoms with Gasteiger partial charge in [-0.25, -0.2) is 0 Å². The number of ether oxygens (including phenoxy) is 2. The highest BCUT2D eigenvalue weighted by Gasteiger charge is 2.38. The number of rotatable bonds is 2. The smallest absolute Gasteiger partial charge is 0.254 e. The van der Waals surface area contributed by atoms with Gasteiger partial charge in [-0.2, -0.15) is 0 Å². The number of carbonyl (C=O) groups is 1. The molecule has 2 aliphatic rings. The van der Waals surface area contributed by atoms with Crippen molar-refractivity contribution in [2.75, 3.05) is 19.9 Å². The van der Waals surface area contributed by atoms with Gasteiger partial charge in [0.1, 0.15) is 0 Å². The van der Waals surface area contributed by atoms with Crippen LogP contribution in [0.2, 0.25) is 0 Å². The van der Waals surface area contributed by atoms with Gasteiger partial charge in [0.25, 0.3) is 5.91 Å². The Bertz CT molecular complexity index is 555. The van der Waals surface area contributed by atoms with Gasteiger partial charge in [-0.15, -0.1) is 0 Å². The summed E-state index contributed by atoms with van der Waals surface area (Å²) in [4.78, 5) is 14.4. The van der Waals surface area contributed by atoms with Crippen LogP contribution < -0.4 is 9.47 Å². The first-order valence-electron chi connectivity index (χ1n) is 7.42. The quantitative estimate of drug-likeness (QED) is 0.906. The van der Waals surface area contributed by atoms with Crippen LogP contribution in [0.4, 0.5) is 0 Å². The van der Waals surface area contributed by atoms with Crippen molar-refractivity contribution in [2.45, 2.75) is 32.3 Å². The van der Waals surface area contributed by atoms with Gasteiger partial charge in [-0.1, -0.05) is 6.92 Å². The second-order valence-corrected chi connectivity index (χ2v) is 6.03. The second kappa shape index (κ2) is 5.22. The third-order valence-corrected chi connectivity index (χ3v) is 4.61. The molecule has 0 bridgehead atoms. The normalized spacial score (nSPS) is 27.8. The van der Waals surface area contributed by atoms with Crippen molar-refractivity contribution in [2.24, 2.45) is 5.92 Å². The number of fused-ring (bicyclic) bond motifs is 1. The van der Waals surface area contributed by atoms with Gasteiger partial charge in [0.15, 0.2) is 11.5 Å². The number of amides is 1. The third-order valence-electron chi connectivity index (χ3n) is 4.61. The molecule has 2 atom stereocenters. The summed E-state index contributed by atoms with van der Waals surface area (Å²) in [5.74, 6) is 1.41. The van der Waals surface area contributed by atoms with Gasteiger partial charge < -0.3 is 19.5 Å². The topological polar surface area (TPSA) is 59.0 Å². The van der Waals surface area contributed by atoms with Crippen molar-refractivity contribution in [3.63, 3.8) is 0 Å². The van der Waals surface area contributed by atoms with Gasteiger partial charge in [0.2, 0.25) is 6.79 Å². The molecule has 2 aliphatic heterocycles. The summed E-state index contributed by atoms with van der Waals surface area (Å²) < 4.78 is 10.6. The molecule has 5 nitrogen and oxygen atoms in total. The van der Waals surface area contributed by atoms with Crippen molar-refractivity contribution in [1.82, 2.24) is 4.90 Å². The first-order chi connectivity index (χ1) is 10.0. The zero-order chi connectivity index (χ0) is 15.0. The third kappa shape index (κ3) is 2.58. The van der Waals surface area contributed by atoms with Crippen molar-refractivity contribution >= 4 is 5.91 Å². The van der Waals surface area contributed by atoms with E-state index in [0.717, 1.165) is 6.42 Å². The second-order valence-electron chi connectivity index (χ2n) is 6.03. The van der Waals surface area contributed by atoms with Crippen molar-refractivity contribution in [1.29, 1.82) is 0 Å². The van der Waals surface area contributed by atoms with E-state index in [4.69, 9.17) is 9.47 Å². The van der Waals surface area contributed by atoms with Crippen molar-refractivity contribution in [3.8, 4) is 11.5 Å². The lowest BCUT2D eigenvalue weighted by molar-refractivity contribution is -0.0521. The number of aliphatic hydroxyl groups is 1. The Morgan fingerprint density at radius 3 is 2.95 bits per heavy atom. The number of hydrogen-bond acceptors (Lipinski definition) is 4. The van der Waals surface area contributed by atoms with Crippen LogP contribution in [0.1, 0.15) is 37.0 Å². The van der Waals surface area contributed by atoms with E-state index < -0.39 is 5.60 Å². The molecule has 1 fully saturated rings. The molecule has 0 spiro atoms. The molecule has 1 aromatic rings. The predicted octanol–water partition coefficient (Wildman–Crippen LogP) is 2.04. The molecule has 0 unspecified atom stereocenters.